The van der Waals surface area contributed by atoms with E-state index in [1.54, 1.807) is 7.11 Å². The molecule has 1 fully saturated rings. The molecule has 3 nitrogen and oxygen atoms in total. The van der Waals surface area contributed by atoms with Crippen molar-refractivity contribution in [2.45, 2.75) is 33.2 Å². The van der Waals surface area contributed by atoms with Crippen LogP contribution in [0.15, 0.2) is 18.2 Å². The second kappa shape index (κ2) is 10.3. The van der Waals surface area contributed by atoms with E-state index >= 15 is 0 Å². The molecule has 0 aromatic heterocycles. The van der Waals surface area contributed by atoms with Gasteiger partial charge in [0.15, 0.2) is 0 Å². The van der Waals surface area contributed by atoms with Crippen LogP contribution in [0, 0.1) is 12.8 Å². The first kappa shape index (κ1) is 21.5. The maximum atomic E-state index is 5.33. The molecule has 128 valence electrons. The summed E-state index contributed by atoms with van der Waals surface area (Å²) in [5, 5.41) is 3.45. The van der Waals surface area contributed by atoms with Gasteiger partial charge in [-0.1, -0.05) is 19.9 Å². The lowest BCUT2D eigenvalue weighted by molar-refractivity contribution is 0.153. The van der Waals surface area contributed by atoms with Crippen LogP contribution in [-0.4, -0.2) is 38.2 Å². The Labute approximate surface area is 147 Å². The zero-order valence-electron chi connectivity index (χ0n) is 14.1. The molecule has 1 saturated heterocycles. The van der Waals surface area contributed by atoms with Crippen LogP contribution in [0.4, 0.5) is 0 Å². The fourth-order valence-corrected chi connectivity index (χ4v) is 3.06. The minimum absolute atomic E-state index is 0. The number of benzene rings is 1. The van der Waals surface area contributed by atoms with Crippen molar-refractivity contribution in [2.24, 2.45) is 5.92 Å². The highest BCUT2D eigenvalue weighted by atomic mass is 35.5. The molecule has 22 heavy (non-hydrogen) atoms. The van der Waals surface area contributed by atoms with Crippen LogP contribution in [0.5, 0.6) is 5.75 Å². The average molecular weight is 349 g/mol. The number of piperazine rings is 1. The van der Waals surface area contributed by atoms with Crippen LogP contribution < -0.4 is 10.1 Å². The molecule has 0 radical (unpaired) electrons. The van der Waals surface area contributed by atoms with E-state index in [4.69, 9.17) is 4.74 Å². The summed E-state index contributed by atoms with van der Waals surface area (Å²) in [4.78, 5) is 2.63. The second-order valence-corrected chi connectivity index (χ2v) is 6.15. The molecule has 1 aromatic carbocycles. The Bertz CT molecular complexity index is 435. The molecule has 1 aliphatic rings. The number of hydrogen-bond donors (Lipinski definition) is 1. The van der Waals surface area contributed by atoms with Gasteiger partial charge in [0.05, 0.1) is 7.11 Å². The van der Waals surface area contributed by atoms with E-state index in [1.807, 2.05) is 0 Å². The van der Waals surface area contributed by atoms with E-state index in [9.17, 15) is 0 Å². The molecule has 0 aliphatic carbocycles. The van der Waals surface area contributed by atoms with E-state index in [0.29, 0.717) is 12.0 Å². The van der Waals surface area contributed by atoms with Gasteiger partial charge in [0.25, 0.3) is 0 Å². The molecule has 1 N–H and O–H groups in total. The number of rotatable bonds is 5. The Morgan fingerprint density at radius 2 is 1.82 bits per heavy atom. The maximum Gasteiger partial charge on any atom is 0.119 e. The molecule has 1 aromatic rings. The molecule has 5 heteroatoms. The largest absolute Gasteiger partial charge is 0.497 e. The number of aryl methyl sites for hydroxylation is 1. The van der Waals surface area contributed by atoms with Crippen molar-refractivity contribution in [1.82, 2.24) is 10.2 Å². The maximum absolute atomic E-state index is 5.33. The van der Waals surface area contributed by atoms with Gasteiger partial charge in [-0.25, -0.2) is 0 Å². The zero-order chi connectivity index (χ0) is 14.5. The Balaban J connectivity index is 0.00000220. The highest BCUT2D eigenvalue weighted by Crippen LogP contribution is 2.32. The predicted molar refractivity (Wildman–Crippen MR) is 98.9 cm³/mol. The lowest BCUT2D eigenvalue weighted by Gasteiger charge is -2.37. The third kappa shape index (κ3) is 5.62. The Hall–Kier alpha value is -0.480. The second-order valence-electron chi connectivity index (χ2n) is 6.15. The number of ether oxygens (including phenoxy) is 1. The van der Waals surface area contributed by atoms with Crippen molar-refractivity contribution in [1.29, 1.82) is 0 Å². The van der Waals surface area contributed by atoms with Gasteiger partial charge in [-0.2, -0.15) is 0 Å². The van der Waals surface area contributed by atoms with Crippen LogP contribution in [0.2, 0.25) is 0 Å². The van der Waals surface area contributed by atoms with Gasteiger partial charge in [-0.15, -0.1) is 24.8 Å². The summed E-state index contributed by atoms with van der Waals surface area (Å²) in [6.07, 6.45) is 1.22. The van der Waals surface area contributed by atoms with Crippen LogP contribution in [-0.2, 0) is 0 Å². The van der Waals surface area contributed by atoms with E-state index in [0.717, 1.165) is 31.9 Å². The molecule has 0 spiro atoms. The van der Waals surface area contributed by atoms with Gasteiger partial charge >= 0.3 is 0 Å². The van der Waals surface area contributed by atoms with Gasteiger partial charge in [-0.05, 0) is 42.5 Å². The molecule has 1 atom stereocenters. The molecule has 0 bridgehead atoms. The monoisotopic (exact) mass is 348 g/mol. The van der Waals surface area contributed by atoms with Crippen molar-refractivity contribution in [3.05, 3.63) is 29.3 Å². The molecule has 0 amide bonds. The standard InChI is InChI=1S/C17H28N2O.2ClH/c1-13(2)11-17(19-9-7-18-8-10-19)16-6-5-15(20-4)12-14(16)3;;/h5-6,12-13,17-18H,7-11H2,1-4H3;2*1H/t17-;;/m0../s1. The number of methoxy groups -OCH3 is 1. The summed E-state index contributed by atoms with van der Waals surface area (Å²) in [6, 6.07) is 7.04. The quantitative estimate of drug-likeness (QED) is 0.874. The average Bonchev–Trinajstić information content (AvgIpc) is 2.45. The number of hydrogen-bond acceptors (Lipinski definition) is 3. The van der Waals surface area contributed by atoms with Crippen molar-refractivity contribution < 1.29 is 4.74 Å². The van der Waals surface area contributed by atoms with E-state index in [2.05, 4.69) is 49.2 Å². The van der Waals surface area contributed by atoms with Gasteiger partial charge in [-0.3, -0.25) is 4.90 Å². The lowest BCUT2D eigenvalue weighted by atomic mass is 9.92. The first-order valence-electron chi connectivity index (χ1n) is 7.71. The number of nitrogens with one attached hydrogen (secondary N) is 1. The van der Waals surface area contributed by atoms with Crippen LogP contribution in [0.3, 0.4) is 0 Å². The summed E-state index contributed by atoms with van der Waals surface area (Å²) in [7, 11) is 1.73. The van der Waals surface area contributed by atoms with E-state index < -0.39 is 0 Å². The number of nitrogens with zero attached hydrogens (tertiary/aromatic N) is 1. The summed E-state index contributed by atoms with van der Waals surface area (Å²) in [5.41, 5.74) is 2.80. The van der Waals surface area contributed by atoms with E-state index in [-0.39, 0.29) is 24.8 Å². The topological polar surface area (TPSA) is 24.5 Å². The van der Waals surface area contributed by atoms with E-state index in [1.165, 1.54) is 17.5 Å². The van der Waals surface area contributed by atoms with Gasteiger partial charge < -0.3 is 10.1 Å². The van der Waals surface area contributed by atoms with Crippen molar-refractivity contribution in [3.8, 4) is 5.75 Å². The molecular formula is C17H30Cl2N2O. The smallest absolute Gasteiger partial charge is 0.119 e. The predicted octanol–water partition coefficient (Wildman–Crippen LogP) is 3.84. The normalized spacial score (nSPS) is 16.6. The first-order valence-corrected chi connectivity index (χ1v) is 7.71. The van der Waals surface area contributed by atoms with Gasteiger partial charge in [0.1, 0.15) is 5.75 Å². The van der Waals surface area contributed by atoms with Gasteiger partial charge in [0.2, 0.25) is 0 Å². The Morgan fingerprint density at radius 3 is 2.32 bits per heavy atom. The Morgan fingerprint density at radius 1 is 1.18 bits per heavy atom. The zero-order valence-corrected chi connectivity index (χ0v) is 15.7. The van der Waals surface area contributed by atoms with Gasteiger partial charge in [0, 0.05) is 32.2 Å². The third-order valence-corrected chi connectivity index (χ3v) is 4.12. The molecule has 2 rings (SSSR count). The van der Waals surface area contributed by atoms with Crippen LogP contribution >= 0.6 is 24.8 Å². The lowest BCUT2D eigenvalue weighted by Crippen LogP contribution is -2.45. The van der Waals surface area contributed by atoms with Crippen molar-refractivity contribution in [2.75, 3.05) is 33.3 Å². The molecule has 1 heterocycles. The first-order chi connectivity index (χ1) is 9.61. The summed E-state index contributed by atoms with van der Waals surface area (Å²) < 4.78 is 5.33. The minimum atomic E-state index is 0. The fraction of sp³-hybridized carbons (Fsp3) is 0.647. The molecule has 1 aliphatic heterocycles. The fourth-order valence-electron chi connectivity index (χ4n) is 3.06. The van der Waals surface area contributed by atoms with Crippen LogP contribution in [0.25, 0.3) is 0 Å². The molecular weight excluding hydrogens is 319 g/mol. The number of halogens is 2. The summed E-state index contributed by atoms with van der Waals surface area (Å²) in [5.74, 6) is 1.66. The summed E-state index contributed by atoms with van der Waals surface area (Å²) >= 11 is 0. The van der Waals surface area contributed by atoms with Crippen molar-refractivity contribution in [3.63, 3.8) is 0 Å². The Kier molecular flexibility index (Phi) is 10.1. The summed E-state index contributed by atoms with van der Waals surface area (Å²) in [6.45, 7) is 11.3. The molecule has 0 unspecified atom stereocenters. The van der Waals surface area contributed by atoms with Crippen molar-refractivity contribution >= 4 is 24.8 Å². The van der Waals surface area contributed by atoms with Crippen LogP contribution in [0.1, 0.15) is 37.4 Å². The highest BCUT2D eigenvalue weighted by Gasteiger charge is 2.24. The molecule has 0 saturated carbocycles. The SMILES string of the molecule is COc1ccc([C@H](CC(C)C)N2CCNCC2)c(C)c1.Cl.Cl. The highest BCUT2D eigenvalue weighted by molar-refractivity contribution is 5.85. The third-order valence-electron chi connectivity index (χ3n) is 4.12. The minimum Gasteiger partial charge on any atom is -0.497 e.